The van der Waals surface area contributed by atoms with Crippen LogP contribution in [-0.2, 0) is 10.0 Å². The zero-order valence-corrected chi connectivity index (χ0v) is 20.4. The summed E-state index contributed by atoms with van der Waals surface area (Å²) in [5.74, 6) is 1.57. The molecule has 7 heteroatoms. The minimum absolute atomic E-state index is 0.236. The lowest BCUT2D eigenvalue weighted by molar-refractivity contribution is 0.249. The minimum atomic E-state index is -3.47. The van der Waals surface area contributed by atoms with E-state index >= 15 is 0 Å². The minimum Gasteiger partial charge on any atom is -0.493 e. The summed E-state index contributed by atoms with van der Waals surface area (Å²) < 4.78 is 33.0. The fraction of sp³-hybridized carbons (Fsp3) is 0.423. The molecular formula is C26H33N3O3S. The van der Waals surface area contributed by atoms with Crippen molar-refractivity contribution in [1.82, 2.24) is 14.6 Å². The van der Waals surface area contributed by atoms with Gasteiger partial charge in [0, 0.05) is 25.2 Å². The Labute approximate surface area is 197 Å². The topological polar surface area (TPSA) is 71.5 Å². The van der Waals surface area contributed by atoms with Gasteiger partial charge in [-0.3, -0.25) is 4.98 Å². The first-order chi connectivity index (χ1) is 15.9. The number of benzene rings is 2. The quantitative estimate of drug-likeness (QED) is 0.533. The van der Waals surface area contributed by atoms with Gasteiger partial charge < -0.3 is 10.1 Å². The second kappa shape index (κ2) is 10.2. The standard InChI is InChI=1S/C26H33N3O3S/c1-19-10-11-24-25(28-19)8-5-9-26(24)32-17-14-23(20-12-15-27-16-13-20)21-6-4-7-22(18-21)33(30,31)29(2)3/h4-11,18,20,23,27H,12-17H2,1-3H3. The number of nitrogens with zero attached hydrogens (tertiary/aromatic N) is 2. The monoisotopic (exact) mass is 467 g/mol. The van der Waals surface area contributed by atoms with Crippen LogP contribution >= 0.6 is 0 Å². The fourth-order valence-electron chi connectivity index (χ4n) is 4.69. The highest BCUT2D eigenvalue weighted by molar-refractivity contribution is 7.89. The van der Waals surface area contributed by atoms with Crippen LogP contribution in [-0.4, -0.2) is 51.5 Å². The van der Waals surface area contributed by atoms with E-state index in [2.05, 4.69) is 22.4 Å². The first-order valence-corrected chi connectivity index (χ1v) is 13.0. The summed E-state index contributed by atoms with van der Waals surface area (Å²) in [7, 11) is -0.332. The first kappa shape index (κ1) is 23.7. The third-order valence-electron chi connectivity index (χ3n) is 6.54. The van der Waals surface area contributed by atoms with E-state index in [0.29, 0.717) is 17.4 Å². The highest BCUT2D eigenvalue weighted by atomic mass is 32.2. The van der Waals surface area contributed by atoms with Crippen LogP contribution in [0.25, 0.3) is 10.9 Å². The Morgan fingerprint density at radius 2 is 1.85 bits per heavy atom. The van der Waals surface area contributed by atoms with Crippen molar-refractivity contribution in [3.05, 3.63) is 65.9 Å². The number of aryl methyl sites for hydroxylation is 1. The number of aromatic nitrogens is 1. The van der Waals surface area contributed by atoms with Crippen molar-refractivity contribution >= 4 is 20.9 Å². The second-order valence-corrected chi connectivity index (χ2v) is 11.1. The lowest BCUT2D eigenvalue weighted by atomic mass is 9.79. The van der Waals surface area contributed by atoms with Gasteiger partial charge in [0.25, 0.3) is 0 Å². The molecule has 0 bridgehead atoms. The molecule has 1 N–H and O–H groups in total. The van der Waals surface area contributed by atoms with Crippen LogP contribution in [0.1, 0.15) is 36.4 Å². The number of sulfonamides is 1. The van der Waals surface area contributed by atoms with E-state index < -0.39 is 10.0 Å². The number of fused-ring (bicyclic) bond motifs is 1. The van der Waals surface area contributed by atoms with Crippen molar-refractivity contribution in [2.24, 2.45) is 5.92 Å². The molecule has 1 saturated heterocycles. The van der Waals surface area contributed by atoms with Crippen LogP contribution in [0.4, 0.5) is 0 Å². The van der Waals surface area contributed by atoms with Gasteiger partial charge in [-0.05, 0) is 93.1 Å². The van der Waals surface area contributed by atoms with E-state index in [1.165, 1.54) is 4.31 Å². The summed E-state index contributed by atoms with van der Waals surface area (Å²) in [4.78, 5) is 4.95. The molecule has 0 saturated carbocycles. The molecule has 0 radical (unpaired) electrons. The SMILES string of the molecule is Cc1ccc2c(OCCC(c3cccc(S(=O)(=O)N(C)C)c3)C3CCNCC3)cccc2n1. The summed E-state index contributed by atoms with van der Waals surface area (Å²) in [5, 5.41) is 4.45. The molecule has 1 aromatic heterocycles. The van der Waals surface area contributed by atoms with Gasteiger partial charge >= 0.3 is 0 Å². The van der Waals surface area contributed by atoms with Gasteiger partial charge in [0.05, 0.1) is 17.0 Å². The van der Waals surface area contributed by atoms with Gasteiger partial charge in [-0.2, -0.15) is 0 Å². The molecule has 1 unspecified atom stereocenters. The van der Waals surface area contributed by atoms with Gasteiger partial charge in [-0.1, -0.05) is 18.2 Å². The van der Waals surface area contributed by atoms with E-state index in [1.54, 1.807) is 20.2 Å². The van der Waals surface area contributed by atoms with Crippen molar-refractivity contribution in [2.75, 3.05) is 33.8 Å². The van der Waals surface area contributed by atoms with Crippen LogP contribution in [0.2, 0.25) is 0 Å². The summed E-state index contributed by atoms with van der Waals surface area (Å²) in [6, 6.07) is 17.5. The van der Waals surface area contributed by atoms with Crippen LogP contribution in [0.15, 0.2) is 59.5 Å². The number of ether oxygens (including phenoxy) is 1. The molecule has 176 valence electrons. The van der Waals surface area contributed by atoms with Gasteiger partial charge in [-0.25, -0.2) is 12.7 Å². The molecule has 0 spiro atoms. The molecule has 0 aliphatic carbocycles. The van der Waals surface area contributed by atoms with Crippen LogP contribution in [0, 0.1) is 12.8 Å². The van der Waals surface area contributed by atoms with Gasteiger partial charge in [0.15, 0.2) is 0 Å². The predicted molar refractivity (Wildman–Crippen MR) is 132 cm³/mol. The molecule has 2 aromatic carbocycles. The Bertz CT molecular complexity index is 1200. The van der Waals surface area contributed by atoms with E-state index in [1.807, 2.05) is 43.3 Å². The largest absolute Gasteiger partial charge is 0.493 e. The maximum absolute atomic E-state index is 12.7. The molecule has 3 aromatic rings. The van der Waals surface area contributed by atoms with Crippen molar-refractivity contribution in [3.8, 4) is 5.75 Å². The number of pyridine rings is 1. The Hall–Kier alpha value is -2.48. The molecule has 6 nitrogen and oxygen atoms in total. The van der Waals surface area contributed by atoms with Crippen molar-refractivity contribution < 1.29 is 13.2 Å². The van der Waals surface area contributed by atoms with Crippen LogP contribution < -0.4 is 10.1 Å². The molecule has 2 heterocycles. The normalized spacial score (nSPS) is 16.2. The highest BCUT2D eigenvalue weighted by Gasteiger charge is 2.27. The Kier molecular flexibility index (Phi) is 7.32. The lowest BCUT2D eigenvalue weighted by Crippen LogP contribution is -2.31. The molecular weight excluding hydrogens is 434 g/mol. The summed E-state index contributed by atoms with van der Waals surface area (Å²) in [6.07, 6.45) is 2.98. The third kappa shape index (κ3) is 5.37. The number of hydrogen-bond acceptors (Lipinski definition) is 5. The van der Waals surface area contributed by atoms with E-state index in [-0.39, 0.29) is 5.92 Å². The molecule has 4 rings (SSSR count). The van der Waals surface area contributed by atoms with E-state index in [4.69, 9.17) is 4.74 Å². The summed E-state index contributed by atoms with van der Waals surface area (Å²) in [6.45, 7) is 4.53. The molecule has 1 aliphatic rings. The Morgan fingerprint density at radius 1 is 1.09 bits per heavy atom. The van der Waals surface area contributed by atoms with Crippen LogP contribution in [0.5, 0.6) is 5.75 Å². The van der Waals surface area contributed by atoms with E-state index in [0.717, 1.165) is 60.3 Å². The van der Waals surface area contributed by atoms with Crippen molar-refractivity contribution in [2.45, 2.75) is 37.0 Å². The van der Waals surface area contributed by atoms with Gasteiger partial charge in [0.1, 0.15) is 5.75 Å². The lowest BCUT2D eigenvalue weighted by Gasteiger charge is -2.31. The molecule has 0 amide bonds. The first-order valence-electron chi connectivity index (χ1n) is 11.6. The Balaban J connectivity index is 1.57. The maximum atomic E-state index is 12.7. The molecule has 1 aliphatic heterocycles. The predicted octanol–water partition coefficient (Wildman–Crippen LogP) is 4.35. The smallest absolute Gasteiger partial charge is 0.242 e. The summed E-state index contributed by atoms with van der Waals surface area (Å²) in [5.41, 5.74) is 2.99. The fourth-order valence-corrected chi connectivity index (χ4v) is 5.65. The number of piperidine rings is 1. The van der Waals surface area contributed by atoms with Crippen molar-refractivity contribution in [3.63, 3.8) is 0 Å². The zero-order chi connectivity index (χ0) is 23.4. The third-order valence-corrected chi connectivity index (χ3v) is 8.35. The number of rotatable bonds is 8. The average molecular weight is 468 g/mol. The molecule has 1 atom stereocenters. The maximum Gasteiger partial charge on any atom is 0.242 e. The number of hydrogen-bond donors (Lipinski definition) is 1. The highest BCUT2D eigenvalue weighted by Crippen LogP contribution is 2.35. The molecule has 1 fully saturated rings. The van der Waals surface area contributed by atoms with Gasteiger partial charge in [-0.15, -0.1) is 0 Å². The number of nitrogens with one attached hydrogen (secondary N) is 1. The van der Waals surface area contributed by atoms with Gasteiger partial charge in [0.2, 0.25) is 10.0 Å². The van der Waals surface area contributed by atoms with E-state index in [9.17, 15) is 8.42 Å². The second-order valence-electron chi connectivity index (χ2n) is 8.97. The molecule has 33 heavy (non-hydrogen) atoms. The summed E-state index contributed by atoms with van der Waals surface area (Å²) >= 11 is 0. The van der Waals surface area contributed by atoms with Crippen LogP contribution in [0.3, 0.4) is 0 Å². The van der Waals surface area contributed by atoms with Crippen molar-refractivity contribution in [1.29, 1.82) is 0 Å². The average Bonchev–Trinajstić information content (AvgIpc) is 2.82. The Morgan fingerprint density at radius 3 is 2.61 bits per heavy atom. The zero-order valence-electron chi connectivity index (χ0n) is 19.6.